The van der Waals surface area contributed by atoms with Gasteiger partial charge in [0.1, 0.15) is 0 Å². The van der Waals surface area contributed by atoms with Crippen molar-refractivity contribution in [3.8, 4) is 0 Å². The minimum atomic E-state index is -0.341. The van der Waals surface area contributed by atoms with Gasteiger partial charge in [-0.3, -0.25) is 4.98 Å². The van der Waals surface area contributed by atoms with E-state index in [2.05, 4.69) is 15.0 Å². The van der Waals surface area contributed by atoms with Gasteiger partial charge in [0.05, 0.1) is 18.4 Å². The molecule has 0 unspecified atom stereocenters. The Balaban J connectivity index is 1.70. The fourth-order valence-corrected chi connectivity index (χ4v) is 2.07. The van der Waals surface area contributed by atoms with Gasteiger partial charge in [0, 0.05) is 12.7 Å². The van der Waals surface area contributed by atoms with Crippen LogP contribution in [0.3, 0.4) is 0 Å². The molecule has 0 aliphatic heterocycles. The number of carbonyl (C=O) groups excluding carboxylic acids is 1. The first-order valence-electron chi connectivity index (χ1n) is 6.53. The SMILES string of the molecule is COC(=O)c1ccc(CNCCC2CCC2)nc1. The molecule has 1 aliphatic carbocycles. The van der Waals surface area contributed by atoms with Gasteiger partial charge in [0.15, 0.2) is 0 Å². The summed E-state index contributed by atoms with van der Waals surface area (Å²) < 4.78 is 4.63. The number of carbonyl (C=O) groups is 1. The summed E-state index contributed by atoms with van der Waals surface area (Å²) in [5.74, 6) is 0.596. The predicted octanol–water partition coefficient (Wildman–Crippen LogP) is 2.15. The molecule has 4 heteroatoms. The molecule has 0 atom stereocenters. The molecular weight excluding hydrogens is 228 g/mol. The first-order chi connectivity index (χ1) is 8.79. The first-order valence-corrected chi connectivity index (χ1v) is 6.53. The highest BCUT2D eigenvalue weighted by molar-refractivity contribution is 5.88. The van der Waals surface area contributed by atoms with Crippen molar-refractivity contribution < 1.29 is 9.53 Å². The van der Waals surface area contributed by atoms with Gasteiger partial charge in [-0.1, -0.05) is 19.3 Å². The average molecular weight is 248 g/mol. The Morgan fingerprint density at radius 2 is 2.33 bits per heavy atom. The molecule has 18 heavy (non-hydrogen) atoms. The van der Waals surface area contributed by atoms with Crippen molar-refractivity contribution in [1.82, 2.24) is 10.3 Å². The van der Waals surface area contributed by atoms with E-state index >= 15 is 0 Å². The highest BCUT2D eigenvalue weighted by Gasteiger charge is 2.16. The molecular formula is C14H20N2O2. The Morgan fingerprint density at radius 1 is 1.50 bits per heavy atom. The lowest BCUT2D eigenvalue weighted by atomic mass is 9.83. The van der Waals surface area contributed by atoms with Crippen molar-refractivity contribution in [1.29, 1.82) is 0 Å². The molecule has 1 aromatic heterocycles. The zero-order valence-electron chi connectivity index (χ0n) is 10.8. The summed E-state index contributed by atoms with van der Waals surface area (Å²) in [5.41, 5.74) is 1.45. The minimum Gasteiger partial charge on any atom is -0.465 e. The van der Waals surface area contributed by atoms with Crippen LogP contribution in [0.4, 0.5) is 0 Å². The van der Waals surface area contributed by atoms with Crippen molar-refractivity contribution >= 4 is 5.97 Å². The Labute approximate surface area is 108 Å². The molecule has 0 bridgehead atoms. The number of hydrogen-bond donors (Lipinski definition) is 1. The van der Waals surface area contributed by atoms with Crippen LogP contribution in [0.5, 0.6) is 0 Å². The fourth-order valence-electron chi connectivity index (χ4n) is 2.07. The van der Waals surface area contributed by atoms with E-state index < -0.39 is 0 Å². The maximum Gasteiger partial charge on any atom is 0.339 e. The largest absolute Gasteiger partial charge is 0.465 e. The summed E-state index contributed by atoms with van der Waals surface area (Å²) in [4.78, 5) is 15.5. The number of esters is 1. The molecule has 2 rings (SSSR count). The van der Waals surface area contributed by atoms with Crippen molar-refractivity contribution in [3.05, 3.63) is 29.6 Å². The Morgan fingerprint density at radius 3 is 2.89 bits per heavy atom. The van der Waals surface area contributed by atoms with Crippen LogP contribution in [-0.2, 0) is 11.3 Å². The first kappa shape index (κ1) is 13.0. The lowest BCUT2D eigenvalue weighted by molar-refractivity contribution is 0.0600. The lowest BCUT2D eigenvalue weighted by Crippen LogP contribution is -2.21. The number of methoxy groups -OCH3 is 1. The molecule has 0 radical (unpaired) electrons. The lowest BCUT2D eigenvalue weighted by Gasteiger charge is -2.25. The van der Waals surface area contributed by atoms with E-state index in [1.54, 1.807) is 12.3 Å². The van der Waals surface area contributed by atoms with E-state index in [4.69, 9.17) is 0 Å². The van der Waals surface area contributed by atoms with Crippen LogP contribution in [0.15, 0.2) is 18.3 Å². The molecule has 1 N–H and O–H groups in total. The second kappa shape index (κ2) is 6.50. The molecule has 1 aliphatic rings. The topological polar surface area (TPSA) is 51.2 Å². The minimum absolute atomic E-state index is 0.341. The Kier molecular flexibility index (Phi) is 4.70. The van der Waals surface area contributed by atoms with E-state index in [1.165, 1.54) is 32.8 Å². The Hall–Kier alpha value is -1.42. The maximum atomic E-state index is 11.2. The normalized spacial score (nSPS) is 15.2. The van der Waals surface area contributed by atoms with Gasteiger partial charge < -0.3 is 10.1 Å². The van der Waals surface area contributed by atoms with E-state index in [9.17, 15) is 4.79 Å². The molecule has 0 saturated heterocycles. The molecule has 4 nitrogen and oxygen atoms in total. The highest BCUT2D eigenvalue weighted by Crippen LogP contribution is 2.28. The van der Waals surface area contributed by atoms with Gasteiger partial charge in [0.25, 0.3) is 0 Å². The van der Waals surface area contributed by atoms with Crippen molar-refractivity contribution in [3.63, 3.8) is 0 Å². The van der Waals surface area contributed by atoms with Crippen LogP contribution in [-0.4, -0.2) is 24.6 Å². The Bertz CT molecular complexity index is 385. The summed E-state index contributed by atoms with van der Waals surface area (Å²) in [7, 11) is 1.37. The molecule has 1 aromatic rings. The smallest absolute Gasteiger partial charge is 0.339 e. The van der Waals surface area contributed by atoms with Crippen LogP contribution in [0.25, 0.3) is 0 Å². The third-order valence-electron chi connectivity index (χ3n) is 3.51. The molecule has 1 fully saturated rings. The van der Waals surface area contributed by atoms with Crippen LogP contribution < -0.4 is 5.32 Å². The van der Waals surface area contributed by atoms with Gasteiger partial charge in [-0.25, -0.2) is 4.79 Å². The summed E-state index contributed by atoms with van der Waals surface area (Å²) in [6, 6.07) is 3.62. The van der Waals surface area contributed by atoms with Crippen molar-refractivity contribution in [2.75, 3.05) is 13.7 Å². The van der Waals surface area contributed by atoms with Crippen LogP contribution in [0.2, 0.25) is 0 Å². The zero-order chi connectivity index (χ0) is 12.8. The van der Waals surface area contributed by atoms with E-state index in [1.807, 2.05) is 6.07 Å². The van der Waals surface area contributed by atoms with E-state index in [0.717, 1.165) is 24.7 Å². The highest BCUT2D eigenvalue weighted by atomic mass is 16.5. The van der Waals surface area contributed by atoms with Crippen LogP contribution in [0, 0.1) is 5.92 Å². The molecule has 0 aromatic carbocycles. The number of aromatic nitrogens is 1. The fraction of sp³-hybridized carbons (Fsp3) is 0.571. The van der Waals surface area contributed by atoms with Crippen molar-refractivity contribution in [2.24, 2.45) is 5.92 Å². The number of hydrogen-bond acceptors (Lipinski definition) is 4. The number of rotatable bonds is 6. The van der Waals surface area contributed by atoms with Gasteiger partial charge in [-0.2, -0.15) is 0 Å². The van der Waals surface area contributed by atoms with Gasteiger partial charge in [-0.15, -0.1) is 0 Å². The number of pyridine rings is 1. The van der Waals surface area contributed by atoms with E-state index in [-0.39, 0.29) is 5.97 Å². The quantitative estimate of drug-likeness (QED) is 0.619. The maximum absolute atomic E-state index is 11.2. The predicted molar refractivity (Wildman–Crippen MR) is 69.2 cm³/mol. The van der Waals surface area contributed by atoms with Crippen LogP contribution >= 0.6 is 0 Å². The number of ether oxygens (including phenoxy) is 1. The molecule has 0 spiro atoms. The monoisotopic (exact) mass is 248 g/mol. The third-order valence-corrected chi connectivity index (χ3v) is 3.51. The van der Waals surface area contributed by atoms with Gasteiger partial charge in [-0.05, 0) is 31.0 Å². The number of nitrogens with zero attached hydrogens (tertiary/aromatic N) is 1. The van der Waals surface area contributed by atoms with Gasteiger partial charge >= 0.3 is 5.97 Å². The summed E-state index contributed by atoms with van der Waals surface area (Å²) in [6.45, 7) is 1.80. The zero-order valence-corrected chi connectivity index (χ0v) is 10.8. The van der Waals surface area contributed by atoms with Gasteiger partial charge in [0.2, 0.25) is 0 Å². The molecule has 1 heterocycles. The number of nitrogens with one attached hydrogen (secondary N) is 1. The second-order valence-electron chi connectivity index (χ2n) is 4.79. The third kappa shape index (κ3) is 3.53. The van der Waals surface area contributed by atoms with E-state index in [0.29, 0.717) is 5.56 Å². The molecule has 1 saturated carbocycles. The van der Waals surface area contributed by atoms with Crippen molar-refractivity contribution in [2.45, 2.75) is 32.2 Å². The molecule has 98 valence electrons. The molecule has 0 amide bonds. The summed E-state index contributed by atoms with van der Waals surface area (Å²) in [6.07, 6.45) is 7.03. The average Bonchev–Trinajstić information content (AvgIpc) is 2.36. The summed E-state index contributed by atoms with van der Waals surface area (Å²) >= 11 is 0. The standard InChI is InChI=1S/C14H20N2O2/c1-18-14(17)12-5-6-13(16-9-12)10-15-8-7-11-3-2-4-11/h5-6,9,11,15H,2-4,7-8,10H2,1H3. The van der Waals surface area contributed by atoms with Crippen LogP contribution in [0.1, 0.15) is 41.7 Å². The summed E-state index contributed by atoms with van der Waals surface area (Å²) in [5, 5.41) is 3.38. The second-order valence-corrected chi connectivity index (χ2v) is 4.79.